The zero-order chi connectivity index (χ0) is 32.5. The van der Waals surface area contributed by atoms with Crippen LogP contribution in [-0.4, -0.2) is 12.6 Å². The molecule has 0 atom stereocenters. The molecule has 0 unspecified atom stereocenters. The zero-order valence-corrected chi connectivity index (χ0v) is 27.1. The molecule has 8 rings (SSSR count). The summed E-state index contributed by atoms with van der Waals surface area (Å²) in [6.45, 7) is 0. The average Bonchev–Trinajstić information content (AvgIpc) is 3.50. The molecule has 8 aromatic rings. The maximum absolute atomic E-state index is 10.3. The van der Waals surface area contributed by atoms with Crippen LogP contribution in [0.15, 0.2) is 176 Å². The number of benzene rings is 7. The lowest BCUT2D eigenvalue weighted by Gasteiger charge is -2.34. The quantitative estimate of drug-likeness (QED) is 0.141. The lowest BCUT2D eigenvalue weighted by molar-refractivity contribution is 1.17. The average molecular weight is 628 g/mol. The van der Waals surface area contributed by atoms with Crippen LogP contribution < -0.4 is 20.7 Å². The van der Waals surface area contributed by atoms with Crippen molar-refractivity contribution in [2.75, 3.05) is 0 Å². The molecule has 7 aromatic carbocycles. The first kappa shape index (κ1) is 29.0. The molecule has 0 spiro atoms. The minimum atomic E-state index is -2.69. The van der Waals surface area contributed by atoms with Gasteiger partial charge in [0.15, 0.2) is 8.07 Å². The van der Waals surface area contributed by atoms with Gasteiger partial charge in [-0.3, -0.25) is 0 Å². The van der Waals surface area contributed by atoms with Crippen molar-refractivity contribution in [2.24, 2.45) is 0 Å². The summed E-state index contributed by atoms with van der Waals surface area (Å²) in [5, 5.41) is 28.1. The van der Waals surface area contributed by atoms with E-state index in [1.165, 1.54) is 20.7 Å². The summed E-state index contributed by atoms with van der Waals surface area (Å²) in [4.78, 5) is 0. The molecule has 0 N–H and O–H groups in total. The summed E-state index contributed by atoms with van der Waals surface area (Å²) in [5.41, 5.74) is 5.46. The van der Waals surface area contributed by atoms with E-state index in [1.807, 2.05) is 30.3 Å². The minimum Gasteiger partial charge on any atom is -0.308 e. The molecule has 0 aliphatic heterocycles. The van der Waals surface area contributed by atoms with E-state index in [0.717, 1.165) is 38.6 Å². The van der Waals surface area contributed by atoms with Crippen LogP contribution in [0.1, 0.15) is 11.1 Å². The first-order valence-corrected chi connectivity index (χ1v) is 18.0. The van der Waals surface area contributed by atoms with Crippen LogP contribution in [0.25, 0.3) is 38.6 Å². The monoisotopic (exact) mass is 627 g/mol. The van der Waals surface area contributed by atoms with Crippen LogP contribution in [0.5, 0.6) is 0 Å². The molecular weight excluding hydrogens is 599 g/mol. The van der Waals surface area contributed by atoms with Crippen molar-refractivity contribution >= 4 is 50.6 Å². The van der Waals surface area contributed by atoms with E-state index in [-0.39, 0.29) is 0 Å². The van der Waals surface area contributed by atoms with Gasteiger partial charge in [-0.05, 0) is 50.6 Å². The highest BCUT2D eigenvalue weighted by Gasteiger charge is 2.41. The molecule has 1 aromatic heterocycles. The Morgan fingerprint density at radius 1 is 0.417 bits per heavy atom. The molecular formula is C44H29N3Si. The first-order chi connectivity index (χ1) is 23.7. The summed E-state index contributed by atoms with van der Waals surface area (Å²) < 4.78 is 2.15. The SMILES string of the molecule is N#Cc1cc(C#N)c(-n2c3ccccc3c3ccccc32)cc1-c1ccc([Si](c2ccccc2)(c2ccccc2)c2ccccc2)cc1. The predicted molar refractivity (Wildman–Crippen MR) is 199 cm³/mol. The Bertz CT molecular complexity index is 2350. The van der Waals surface area contributed by atoms with E-state index in [4.69, 9.17) is 0 Å². The third kappa shape index (κ3) is 4.55. The molecule has 0 aliphatic rings. The molecule has 0 amide bonds. The van der Waals surface area contributed by atoms with Gasteiger partial charge in [0.1, 0.15) is 6.07 Å². The molecule has 48 heavy (non-hydrogen) atoms. The summed E-state index contributed by atoms with van der Waals surface area (Å²) in [6.07, 6.45) is 0. The van der Waals surface area contributed by atoms with Crippen LogP contribution in [0, 0.1) is 22.7 Å². The van der Waals surface area contributed by atoms with Crippen molar-refractivity contribution in [2.45, 2.75) is 0 Å². The molecule has 0 saturated carbocycles. The molecule has 224 valence electrons. The van der Waals surface area contributed by atoms with Gasteiger partial charge in [0, 0.05) is 16.3 Å². The van der Waals surface area contributed by atoms with E-state index in [1.54, 1.807) is 6.07 Å². The van der Waals surface area contributed by atoms with E-state index in [9.17, 15) is 10.5 Å². The van der Waals surface area contributed by atoms with Crippen LogP contribution in [-0.2, 0) is 0 Å². The lowest BCUT2D eigenvalue weighted by Crippen LogP contribution is -2.74. The summed E-state index contributed by atoms with van der Waals surface area (Å²) in [5.74, 6) is 0. The lowest BCUT2D eigenvalue weighted by atomic mass is 9.96. The number of para-hydroxylation sites is 2. The fourth-order valence-corrected chi connectivity index (χ4v) is 12.1. The maximum atomic E-state index is 10.3. The van der Waals surface area contributed by atoms with Crippen molar-refractivity contribution in [3.63, 3.8) is 0 Å². The third-order valence-electron chi connectivity index (χ3n) is 9.45. The van der Waals surface area contributed by atoms with E-state index < -0.39 is 8.07 Å². The standard InChI is InChI=1S/C44H29N3Si/c45-30-33-28-34(31-46)44(47-42-22-12-10-20-39(42)40-21-11-13-23-43(40)47)29-41(33)32-24-26-38(27-25-32)48(35-14-4-1-5-15-35,36-16-6-2-7-17-36)37-18-8-3-9-19-37/h1-29H. The fourth-order valence-electron chi connectivity index (χ4n) is 7.34. The third-order valence-corrected chi connectivity index (χ3v) is 14.2. The van der Waals surface area contributed by atoms with Gasteiger partial charge in [-0.2, -0.15) is 10.5 Å². The van der Waals surface area contributed by atoms with Gasteiger partial charge in [0.25, 0.3) is 0 Å². The van der Waals surface area contributed by atoms with E-state index in [0.29, 0.717) is 11.1 Å². The molecule has 0 radical (unpaired) electrons. The highest BCUT2D eigenvalue weighted by Crippen LogP contribution is 2.36. The van der Waals surface area contributed by atoms with Crippen LogP contribution in [0.2, 0.25) is 0 Å². The van der Waals surface area contributed by atoms with Gasteiger partial charge >= 0.3 is 0 Å². The first-order valence-electron chi connectivity index (χ1n) is 16.0. The van der Waals surface area contributed by atoms with Crippen LogP contribution in [0.3, 0.4) is 0 Å². The Hall–Kier alpha value is -6.46. The molecule has 0 bridgehead atoms. The highest BCUT2D eigenvalue weighted by molar-refractivity contribution is 7.19. The number of hydrogen-bond donors (Lipinski definition) is 0. The van der Waals surface area contributed by atoms with Crippen LogP contribution in [0.4, 0.5) is 0 Å². The normalized spacial score (nSPS) is 11.3. The molecule has 0 aliphatic carbocycles. The largest absolute Gasteiger partial charge is 0.308 e. The number of rotatable bonds is 6. The predicted octanol–water partition coefficient (Wildman–Crippen LogP) is 7.57. The molecule has 4 heteroatoms. The molecule has 0 saturated heterocycles. The number of fused-ring (bicyclic) bond motifs is 3. The second-order valence-corrected chi connectivity index (χ2v) is 15.7. The van der Waals surface area contributed by atoms with Crippen molar-refractivity contribution in [3.8, 4) is 29.0 Å². The van der Waals surface area contributed by atoms with Gasteiger partial charge in [-0.25, -0.2) is 0 Å². The van der Waals surface area contributed by atoms with E-state index in [2.05, 4.69) is 156 Å². The topological polar surface area (TPSA) is 52.5 Å². The number of hydrogen-bond acceptors (Lipinski definition) is 2. The van der Waals surface area contributed by atoms with Gasteiger partial charge in [0.2, 0.25) is 0 Å². The van der Waals surface area contributed by atoms with Gasteiger partial charge in [0.05, 0.1) is 33.9 Å². The van der Waals surface area contributed by atoms with Crippen LogP contribution >= 0.6 is 0 Å². The van der Waals surface area contributed by atoms with Crippen molar-refractivity contribution in [1.29, 1.82) is 10.5 Å². The van der Waals surface area contributed by atoms with Gasteiger partial charge in [-0.1, -0.05) is 152 Å². The Morgan fingerprint density at radius 2 is 0.833 bits per heavy atom. The Morgan fingerprint density at radius 3 is 1.29 bits per heavy atom. The Labute approximate surface area is 280 Å². The number of nitriles is 2. The molecule has 1 heterocycles. The van der Waals surface area contributed by atoms with Gasteiger partial charge < -0.3 is 4.57 Å². The van der Waals surface area contributed by atoms with E-state index >= 15 is 0 Å². The molecule has 3 nitrogen and oxygen atoms in total. The maximum Gasteiger partial charge on any atom is 0.179 e. The minimum absolute atomic E-state index is 0.460. The zero-order valence-electron chi connectivity index (χ0n) is 26.1. The summed E-state index contributed by atoms with van der Waals surface area (Å²) in [6, 6.07) is 66.4. The number of aromatic nitrogens is 1. The van der Waals surface area contributed by atoms with Crippen molar-refractivity contribution in [3.05, 3.63) is 187 Å². The molecule has 0 fully saturated rings. The van der Waals surface area contributed by atoms with Crippen molar-refractivity contribution < 1.29 is 0 Å². The summed E-state index contributed by atoms with van der Waals surface area (Å²) in [7, 11) is -2.69. The Balaban J connectivity index is 1.35. The smallest absolute Gasteiger partial charge is 0.179 e. The van der Waals surface area contributed by atoms with Crippen molar-refractivity contribution in [1.82, 2.24) is 4.57 Å². The second-order valence-electron chi connectivity index (χ2n) is 11.9. The van der Waals surface area contributed by atoms with Gasteiger partial charge in [-0.15, -0.1) is 0 Å². The number of nitrogens with zero attached hydrogens (tertiary/aromatic N) is 3. The second kappa shape index (κ2) is 12.0. The Kier molecular flexibility index (Phi) is 7.27. The highest BCUT2D eigenvalue weighted by atomic mass is 28.3. The fraction of sp³-hybridized carbons (Fsp3) is 0. The summed E-state index contributed by atoms with van der Waals surface area (Å²) >= 11 is 0.